The second kappa shape index (κ2) is 7.00. The van der Waals surface area contributed by atoms with Crippen LogP contribution in [0.25, 0.3) is 0 Å². The van der Waals surface area contributed by atoms with Gasteiger partial charge >= 0.3 is 12.1 Å². The number of hydrogen-bond donors (Lipinski definition) is 2. The van der Waals surface area contributed by atoms with E-state index >= 15 is 0 Å². The number of hydrogen-bond acceptors (Lipinski definition) is 4. The molecule has 1 aliphatic rings. The molecule has 1 aromatic rings. The predicted molar refractivity (Wildman–Crippen MR) is 79.0 cm³/mol. The summed E-state index contributed by atoms with van der Waals surface area (Å²) in [5, 5.41) is 9.01. The highest BCUT2D eigenvalue weighted by Gasteiger charge is 2.35. The molecule has 1 aliphatic heterocycles. The Hall–Kier alpha value is -2.14. The molecule has 1 saturated heterocycles. The van der Waals surface area contributed by atoms with Crippen LogP contribution >= 0.6 is 0 Å². The lowest BCUT2D eigenvalue weighted by atomic mass is 10.2. The van der Waals surface area contributed by atoms with Crippen LogP contribution in [-0.2, 0) is 25.8 Å². The zero-order valence-electron chi connectivity index (χ0n) is 12.8. The van der Waals surface area contributed by atoms with Gasteiger partial charge < -0.3 is 10.0 Å². The van der Waals surface area contributed by atoms with Gasteiger partial charge in [-0.05, 0) is 31.0 Å². The maximum Gasteiger partial charge on any atom is 0.416 e. The molecular weight excluding hydrogens is 365 g/mol. The molecule has 2 rings (SSSR count). The van der Waals surface area contributed by atoms with Crippen molar-refractivity contribution in [3.05, 3.63) is 29.8 Å². The van der Waals surface area contributed by atoms with Crippen molar-refractivity contribution in [2.45, 2.75) is 30.0 Å². The number of amides is 1. The number of sulfonamides is 1. The number of rotatable bonds is 5. The van der Waals surface area contributed by atoms with Crippen LogP contribution in [0.2, 0.25) is 0 Å². The van der Waals surface area contributed by atoms with E-state index in [9.17, 15) is 31.2 Å². The molecule has 11 heteroatoms. The minimum absolute atomic E-state index is 0.182. The van der Waals surface area contributed by atoms with Crippen LogP contribution in [0.5, 0.6) is 0 Å². The molecule has 25 heavy (non-hydrogen) atoms. The molecule has 138 valence electrons. The molecule has 2 N–H and O–H groups in total. The number of carbonyl (C=O) groups excluding carboxylic acids is 1. The van der Waals surface area contributed by atoms with Crippen molar-refractivity contribution in [3.8, 4) is 0 Å². The number of aliphatic carboxylic acids is 1. The average molecular weight is 380 g/mol. The smallest absolute Gasteiger partial charge is 0.416 e. The van der Waals surface area contributed by atoms with Crippen molar-refractivity contribution in [2.24, 2.45) is 0 Å². The molecule has 0 aliphatic carbocycles. The summed E-state index contributed by atoms with van der Waals surface area (Å²) in [5.41, 5.74) is -1.13. The fourth-order valence-corrected chi connectivity index (χ4v) is 3.52. The van der Waals surface area contributed by atoms with E-state index in [1.54, 1.807) is 0 Å². The molecule has 1 fully saturated rings. The Labute approximate surface area is 141 Å². The molecule has 0 spiro atoms. The second-order valence-corrected chi connectivity index (χ2v) is 7.20. The van der Waals surface area contributed by atoms with Gasteiger partial charge in [0.25, 0.3) is 0 Å². The van der Waals surface area contributed by atoms with Crippen LogP contribution < -0.4 is 4.72 Å². The largest absolute Gasteiger partial charge is 0.480 e. The number of alkyl halides is 3. The average Bonchev–Trinajstić information content (AvgIpc) is 3.02. The summed E-state index contributed by atoms with van der Waals surface area (Å²) < 4.78 is 64.1. The molecule has 1 atom stereocenters. The van der Waals surface area contributed by atoms with Gasteiger partial charge in [0, 0.05) is 6.54 Å². The van der Waals surface area contributed by atoms with Crippen molar-refractivity contribution in [1.82, 2.24) is 9.62 Å². The van der Waals surface area contributed by atoms with Crippen LogP contribution in [0.15, 0.2) is 29.2 Å². The Balaban J connectivity index is 2.09. The third-order valence-electron chi connectivity index (χ3n) is 3.74. The van der Waals surface area contributed by atoms with Crippen molar-refractivity contribution in [1.29, 1.82) is 0 Å². The van der Waals surface area contributed by atoms with Crippen LogP contribution in [0.4, 0.5) is 13.2 Å². The van der Waals surface area contributed by atoms with Crippen LogP contribution in [0, 0.1) is 0 Å². The maximum absolute atomic E-state index is 12.7. The van der Waals surface area contributed by atoms with E-state index in [1.165, 1.54) is 0 Å². The van der Waals surface area contributed by atoms with Gasteiger partial charge in [-0.25, -0.2) is 17.9 Å². The molecular formula is C14H15F3N2O5S. The van der Waals surface area contributed by atoms with Gasteiger partial charge in [-0.15, -0.1) is 0 Å². The lowest BCUT2D eigenvalue weighted by Crippen LogP contribution is -2.45. The van der Waals surface area contributed by atoms with E-state index in [0.717, 1.165) is 23.1 Å². The van der Waals surface area contributed by atoms with Crippen molar-refractivity contribution < 1.29 is 36.3 Å². The Morgan fingerprint density at radius 3 is 2.60 bits per heavy atom. The molecule has 1 heterocycles. The highest BCUT2D eigenvalue weighted by Crippen LogP contribution is 2.30. The SMILES string of the molecule is O=C(O)[C@H]1CCCN1C(=O)CNS(=O)(=O)c1cccc(C(F)(F)F)c1. The normalized spacial score (nSPS) is 18.4. The first kappa shape index (κ1) is 19.2. The van der Waals surface area contributed by atoms with E-state index in [0.29, 0.717) is 12.5 Å². The van der Waals surface area contributed by atoms with Crippen molar-refractivity contribution >= 4 is 21.9 Å². The quantitative estimate of drug-likeness (QED) is 0.795. The van der Waals surface area contributed by atoms with Gasteiger partial charge in [-0.1, -0.05) is 6.07 Å². The first-order chi connectivity index (χ1) is 11.5. The summed E-state index contributed by atoms with van der Waals surface area (Å²) in [7, 11) is -4.35. The van der Waals surface area contributed by atoms with Crippen LogP contribution in [-0.4, -0.2) is 49.4 Å². The van der Waals surface area contributed by atoms with E-state index in [2.05, 4.69) is 0 Å². The van der Waals surface area contributed by atoms with Gasteiger partial charge in [0.05, 0.1) is 17.0 Å². The topological polar surface area (TPSA) is 104 Å². The third kappa shape index (κ3) is 4.48. The molecule has 0 bridgehead atoms. The van der Waals surface area contributed by atoms with Gasteiger partial charge in [0.1, 0.15) is 6.04 Å². The minimum Gasteiger partial charge on any atom is -0.480 e. The molecule has 7 nitrogen and oxygen atoms in total. The van der Waals surface area contributed by atoms with Gasteiger partial charge in [0.15, 0.2) is 0 Å². The Kier molecular flexibility index (Phi) is 5.37. The van der Waals surface area contributed by atoms with E-state index in [1.807, 2.05) is 4.72 Å². The number of carboxylic acids is 1. The lowest BCUT2D eigenvalue weighted by Gasteiger charge is -2.21. The van der Waals surface area contributed by atoms with E-state index < -0.39 is 51.1 Å². The maximum atomic E-state index is 12.7. The zero-order valence-corrected chi connectivity index (χ0v) is 13.6. The second-order valence-electron chi connectivity index (χ2n) is 5.43. The number of nitrogens with zero attached hydrogens (tertiary/aromatic N) is 1. The molecule has 0 aromatic heterocycles. The summed E-state index contributed by atoms with van der Waals surface area (Å²) in [4.78, 5) is 23.5. The molecule has 1 aromatic carbocycles. The number of carboxylic acid groups (broad SMARTS) is 1. The summed E-state index contributed by atoms with van der Waals surface area (Å²) in [6.07, 6.45) is -3.96. The summed E-state index contributed by atoms with van der Waals surface area (Å²) >= 11 is 0. The standard InChI is InChI=1S/C14H15F3N2O5S/c15-14(16,17)9-3-1-4-10(7-9)25(23,24)18-8-12(20)19-6-2-5-11(19)13(21)22/h1,3-4,7,11,18H,2,5-6,8H2,(H,21,22)/t11-/m1/s1. The van der Waals surface area contributed by atoms with Crippen LogP contribution in [0.3, 0.4) is 0 Å². The monoisotopic (exact) mass is 380 g/mol. The Morgan fingerprint density at radius 2 is 2.00 bits per heavy atom. The summed E-state index contributed by atoms with van der Waals surface area (Å²) in [5.74, 6) is -1.94. The van der Waals surface area contributed by atoms with Gasteiger partial charge in [0.2, 0.25) is 15.9 Å². The highest BCUT2D eigenvalue weighted by molar-refractivity contribution is 7.89. The fraction of sp³-hybridized carbons (Fsp3) is 0.429. The molecule has 0 saturated carbocycles. The zero-order chi connectivity index (χ0) is 18.8. The third-order valence-corrected chi connectivity index (χ3v) is 5.14. The Bertz CT molecular complexity index is 779. The summed E-state index contributed by atoms with van der Waals surface area (Å²) in [6.45, 7) is -0.552. The molecule has 1 amide bonds. The van der Waals surface area contributed by atoms with E-state index in [4.69, 9.17) is 5.11 Å². The molecule has 0 radical (unpaired) electrons. The minimum atomic E-state index is -4.70. The first-order valence-electron chi connectivity index (χ1n) is 7.21. The number of benzene rings is 1. The fourth-order valence-electron chi connectivity index (χ4n) is 2.50. The highest BCUT2D eigenvalue weighted by atomic mass is 32.2. The molecule has 0 unspecified atom stereocenters. The number of nitrogens with one attached hydrogen (secondary N) is 1. The van der Waals surface area contributed by atoms with Gasteiger partial charge in [-0.3, -0.25) is 4.79 Å². The van der Waals surface area contributed by atoms with Crippen molar-refractivity contribution in [3.63, 3.8) is 0 Å². The Morgan fingerprint density at radius 1 is 1.32 bits per heavy atom. The van der Waals surface area contributed by atoms with Crippen LogP contribution in [0.1, 0.15) is 18.4 Å². The number of halogens is 3. The first-order valence-corrected chi connectivity index (χ1v) is 8.70. The predicted octanol–water partition coefficient (Wildman–Crippen LogP) is 1.06. The number of carbonyl (C=O) groups is 2. The lowest BCUT2D eigenvalue weighted by molar-refractivity contribution is -0.147. The van der Waals surface area contributed by atoms with E-state index in [-0.39, 0.29) is 13.0 Å². The van der Waals surface area contributed by atoms with Crippen molar-refractivity contribution in [2.75, 3.05) is 13.1 Å². The summed E-state index contributed by atoms with van der Waals surface area (Å²) in [6, 6.07) is 2.08. The van der Waals surface area contributed by atoms with Gasteiger partial charge in [-0.2, -0.15) is 13.2 Å². The number of likely N-dealkylation sites (tertiary alicyclic amines) is 1.